The Morgan fingerprint density at radius 2 is 1.62 bits per heavy atom. The van der Waals surface area contributed by atoms with E-state index in [1.807, 2.05) is 20.8 Å². The molecule has 8 nitrogen and oxygen atoms in total. The van der Waals surface area contributed by atoms with Crippen molar-refractivity contribution < 1.29 is 27.9 Å². The summed E-state index contributed by atoms with van der Waals surface area (Å²) in [6, 6.07) is 6.68. The number of para-hydroxylation sites is 1. The second-order valence-corrected chi connectivity index (χ2v) is 7.34. The minimum absolute atomic E-state index is 0.00712. The van der Waals surface area contributed by atoms with Crippen molar-refractivity contribution in [1.29, 1.82) is 0 Å². The Kier molecular flexibility index (Phi) is 5.19. The van der Waals surface area contributed by atoms with E-state index in [0.29, 0.717) is 11.0 Å². The number of carbonyl (C=O) groups is 2. The van der Waals surface area contributed by atoms with E-state index >= 15 is 0 Å². The van der Waals surface area contributed by atoms with Gasteiger partial charge >= 0.3 is 11.9 Å². The molecule has 152 valence electrons. The van der Waals surface area contributed by atoms with Gasteiger partial charge in [-0.2, -0.15) is 0 Å². The van der Waals surface area contributed by atoms with E-state index in [9.17, 15) is 14.4 Å². The highest BCUT2D eigenvalue weighted by molar-refractivity contribution is 6.10. The van der Waals surface area contributed by atoms with E-state index in [1.54, 1.807) is 24.3 Å². The Labute approximate surface area is 166 Å². The number of anilines is 1. The normalized spacial score (nSPS) is 11.3. The number of ether oxygens (including phenoxy) is 2. The topological polar surface area (TPSA) is 108 Å². The van der Waals surface area contributed by atoms with E-state index in [1.165, 1.54) is 20.5 Å². The maximum absolute atomic E-state index is 13.0. The highest BCUT2D eigenvalue weighted by Crippen LogP contribution is 2.36. The quantitative estimate of drug-likeness (QED) is 0.660. The summed E-state index contributed by atoms with van der Waals surface area (Å²) in [4.78, 5) is 38.1. The van der Waals surface area contributed by atoms with Gasteiger partial charge < -0.3 is 23.6 Å². The molecule has 2 heterocycles. The highest BCUT2D eigenvalue weighted by atomic mass is 16.5. The first-order valence-corrected chi connectivity index (χ1v) is 8.80. The molecular formula is C21H21NO7. The number of fused-ring (bicyclic) bond motifs is 1. The minimum atomic E-state index is -0.848. The standard InChI is InChI=1S/C21H21NO7/c1-21(2,3)22-18-15(20(25)27-5)14(19(24)26-4)17(29-18)12-10-28-13-9-7-6-8-11(13)16(12)23/h6-10,22H,1-5H3. The molecule has 0 bridgehead atoms. The largest absolute Gasteiger partial charge is 0.465 e. The molecule has 0 spiro atoms. The summed E-state index contributed by atoms with van der Waals surface area (Å²) in [6.07, 6.45) is 1.19. The molecule has 0 aliphatic heterocycles. The average Bonchev–Trinajstić information content (AvgIpc) is 3.04. The lowest BCUT2D eigenvalue weighted by atomic mass is 10.0. The van der Waals surface area contributed by atoms with Crippen molar-refractivity contribution in [2.75, 3.05) is 19.5 Å². The number of hydrogen-bond acceptors (Lipinski definition) is 8. The zero-order valence-corrected chi connectivity index (χ0v) is 16.7. The number of methoxy groups -OCH3 is 2. The maximum atomic E-state index is 13.0. The van der Waals surface area contributed by atoms with Crippen molar-refractivity contribution in [3.63, 3.8) is 0 Å². The number of hydrogen-bond donors (Lipinski definition) is 1. The van der Waals surface area contributed by atoms with Crippen LogP contribution in [0, 0.1) is 0 Å². The van der Waals surface area contributed by atoms with Crippen LogP contribution in [-0.2, 0) is 9.47 Å². The third-order valence-corrected chi connectivity index (χ3v) is 4.10. The highest BCUT2D eigenvalue weighted by Gasteiger charge is 2.35. The molecule has 1 N–H and O–H groups in total. The van der Waals surface area contributed by atoms with Crippen molar-refractivity contribution in [2.24, 2.45) is 0 Å². The third kappa shape index (κ3) is 3.73. The van der Waals surface area contributed by atoms with Crippen molar-refractivity contribution in [3.05, 3.63) is 51.9 Å². The van der Waals surface area contributed by atoms with Crippen LogP contribution in [0.3, 0.4) is 0 Å². The molecule has 2 aromatic heterocycles. The third-order valence-electron chi connectivity index (χ3n) is 4.10. The summed E-state index contributed by atoms with van der Waals surface area (Å²) in [5.74, 6) is -1.80. The van der Waals surface area contributed by atoms with Crippen LogP contribution >= 0.6 is 0 Å². The zero-order chi connectivity index (χ0) is 21.3. The van der Waals surface area contributed by atoms with Gasteiger partial charge in [0.2, 0.25) is 11.3 Å². The van der Waals surface area contributed by atoms with Crippen LogP contribution in [0.25, 0.3) is 22.3 Å². The fourth-order valence-corrected chi connectivity index (χ4v) is 2.88. The Balaban J connectivity index is 2.37. The molecule has 29 heavy (non-hydrogen) atoms. The first kappa shape index (κ1) is 20.2. The van der Waals surface area contributed by atoms with Crippen LogP contribution in [0.15, 0.2) is 44.2 Å². The van der Waals surface area contributed by atoms with Gasteiger partial charge in [-0.15, -0.1) is 0 Å². The van der Waals surface area contributed by atoms with Gasteiger partial charge in [0.25, 0.3) is 0 Å². The lowest BCUT2D eigenvalue weighted by Gasteiger charge is -2.20. The van der Waals surface area contributed by atoms with Crippen LogP contribution in [0.4, 0.5) is 5.88 Å². The molecule has 0 unspecified atom stereocenters. The van der Waals surface area contributed by atoms with E-state index in [-0.39, 0.29) is 28.3 Å². The van der Waals surface area contributed by atoms with Crippen molar-refractivity contribution in [1.82, 2.24) is 0 Å². The van der Waals surface area contributed by atoms with Crippen molar-refractivity contribution in [2.45, 2.75) is 26.3 Å². The lowest BCUT2D eigenvalue weighted by Crippen LogP contribution is -2.27. The van der Waals surface area contributed by atoms with Gasteiger partial charge in [0.15, 0.2) is 5.76 Å². The predicted octanol–water partition coefficient (Wildman–Crippen LogP) is 3.84. The Hall–Kier alpha value is -3.55. The van der Waals surface area contributed by atoms with Crippen LogP contribution in [0.5, 0.6) is 0 Å². The number of benzene rings is 1. The predicted molar refractivity (Wildman–Crippen MR) is 106 cm³/mol. The summed E-state index contributed by atoms with van der Waals surface area (Å²) in [6.45, 7) is 5.54. The van der Waals surface area contributed by atoms with E-state index in [2.05, 4.69) is 5.32 Å². The van der Waals surface area contributed by atoms with Crippen LogP contribution in [0.2, 0.25) is 0 Å². The van der Waals surface area contributed by atoms with E-state index < -0.39 is 22.9 Å². The zero-order valence-electron chi connectivity index (χ0n) is 16.7. The number of esters is 2. The SMILES string of the molecule is COC(=O)c1c(NC(C)(C)C)oc(-c2coc3ccccc3c2=O)c1C(=O)OC. The molecule has 0 aliphatic carbocycles. The molecule has 1 aromatic carbocycles. The fourth-order valence-electron chi connectivity index (χ4n) is 2.88. The molecule has 0 radical (unpaired) electrons. The molecule has 3 rings (SSSR count). The van der Waals surface area contributed by atoms with Crippen LogP contribution < -0.4 is 10.7 Å². The number of rotatable bonds is 4. The van der Waals surface area contributed by atoms with E-state index in [0.717, 1.165) is 0 Å². The molecule has 0 saturated carbocycles. The molecule has 0 fully saturated rings. The summed E-state index contributed by atoms with van der Waals surface area (Å²) < 4.78 is 21.0. The van der Waals surface area contributed by atoms with Gasteiger partial charge in [0, 0.05) is 5.54 Å². The number of nitrogens with one attached hydrogen (secondary N) is 1. The smallest absolute Gasteiger partial charge is 0.344 e. The molecule has 8 heteroatoms. The molecule has 0 atom stereocenters. The van der Waals surface area contributed by atoms with Crippen LogP contribution in [0.1, 0.15) is 41.5 Å². The van der Waals surface area contributed by atoms with Crippen molar-refractivity contribution >= 4 is 28.8 Å². The molecule has 0 aliphatic rings. The number of carbonyl (C=O) groups excluding carboxylic acids is 2. The second kappa shape index (κ2) is 7.46. The molecule has 3 aromatic rings. The monoisotopic (exact) mass is 399 g/mol. The summed E-state index contributed by atoms with van der Waals surface area (Å²) in [5, 5.41) is 3.33. The maximum Gasteiger partial charge on any atom is 0.344 e. The average molecular weight is 399 g/mol. The Morgan fingerprint density at radius 3 is 2.24 bits per heavy atom. The van der Waals surface area contributed by atoms with Gasteiger partial charge in [0.05, 0.1) is 19.6 Å². The molecule has 0 amide bonds. The molecular weight excluding hydrogens is 378 g/mol. The van der Waals surface area contributed by atoms with Gasteiger partial charge in [-0.1, -0.05) is 12.1 Å². The lowest BCUT2D eigenvalue weighted by molar-refractivity contribution is 0.0558. The summed E-state index contributed by atoms with van der Waals surface area (Å²) in [7, 11) is 2.35. The molecule has 0 saturated heterocycles. The van der Waals surface area contributed by atoms with Crippen LogP contribution in [-0.4, -0.2) is 31.7 Å². The number of furan rings is 1. The Bertz CT molecular complexity index is 1150. The first-order chi connectivity index (χ1) is 13.7. The second-order valence-electron chi connectivity index (χ2n) is 7.34. The van der Waals surface area contributed by atoms with Gasteiger partial charge in [-0.25, -0.2) is 9.59 Å². The summed E-state index contributed by atoms with van der Waals surface area (Å²) >= 11 is 0. The minimum Gasteiger partial charge on any atom is -0.465 e. The van der Waals surface area contributed by atoms with Gasteiger partial charge in [0.1, 0.15) is 28.5 Å². The van der Waals surface area contributed by atoms with Gasteiger partial charge in [-0.05, 0) is 32.9 Å². The van der Waals surface area contributed by atoms with Crippen molar-refractivity contribution in [3.8, 4) is 11.3 Å². The fraction of sp³-hybridized carbons (Fsp3) is 0.286. The van der Waals surface area contributed by atoms with E-state index in [4.69, 9.17) is 18.3 Å². The summed E-state index contributed by atoms with van der Waals surface area (Å²) in [5.41, 5.74) is -0.931. The first-order valence-electron chi connectivity index (χ1n) is 8.80. The van der Waals surface area contributed by atoms with Gasteiger partial charge in [-0.3, -0.25) is 4.79 Å². The Morgan fingerprint density at radius 1 is 1.00 bits per heavy atom.